The summed E-state index contributed by atoms with van der Waals surface area (Å²) in [7, 11) is -3.68. The number of hydrogen-bond donors (Lipinski definition) is 1. The quantitative estimate of drug-likeness (QED) is 0.544. The summed E-state index contributed by atoms with van der Waals surface area (Å²) >= 11 is 1.34. The molecule has 8 nitrogen and oxygen atoms in total. The van der Waals surface area contributed by atoms with Crippen molar-refractivity contribution in [1.29, 1.82) is 0 Å². The van der Waals surface area contributed by atoms with Crippen LogP contribution in [0.3, 0.4) is 0 Å². The predicted octanol–water partition coefficient (Wildman–Crippen LogP) is 3.91. The van der Waals surface area contributed by atoms with Crippen molar-refractivity contribution in [2.75, 3.05) is 31.6 Å². The molecule has 1 aliphatic rings. The van der Waals surface area contributed by atoms with Crippen LogP contribution in [0.25, 0.3) is 11.3 Å². The Labute approximate surface area is 198 Å². The first-order valence-corrected chi connectivity index (χ1v) is 13.2. The van der Waals surface area contributed by atoms with Crippen molar-refractivity contribution in [3.05, 3.63) is 52.7 Å². The van der Waals surface area contributed by atoms with Crippen molar-refractivity contribution < 1.29 is 17.9 Å². The fourth-order valence-corrected chi connectivity index (χ4v) is 6.15. The second-order valence-electron chi connectivity index (χ2n) is 7.97. The second kappa shape index (κ2) is 9.76. The van der Waals surface area contributed by atoms with Gasteiger partial charge in [0.2, 0.25) is 10.0 Å². The van der Waals surface area contributed by atoms with Gasteiger partial charge in [-0.2, -0.15) is 4.31 Å². The van der Waals surface area contributed by atoms with Gasteiger partial charge in [-0.25, -0.2) is 13.4 Å². The maximum atomic E-state index is 12.9. The topological polar surface area (TPSA) is 93.5 Å². The van der Waals surface area contributed by atoms with Gasteiger partial charge >= 0.3 is 0 Å². The van der Waals surface area contributed by atoms with E-state index < -0.39 is 15.9 Å². The summed E-state index contributed by atoms with van der Waals surface area (Å²) in [5.74, 6) is -0.397. The largest absolute Gasteiger partial charge is 0.379 e. The highest BCUT2D eigenvalue weighted by atomic mass is 32.2. The number of sulfonamides is 1. The molecule has 0 atom stereocenters. The fourth-order valence-electron chi connectivity index (χ4n) is 3.99. The summed E-state index contributed by atoms with van der Waals surface area (Å²) in [5, 5.41) is 5.20. The van der Waals surface area contributed by atoms with Crippen LogP contribution in [0.15, 0.2) is 40.6 Å². The van der Waals surface area contributed by atoms with Gasteiger partial charge in [-0.1, -0.05) is 13.0 Å². The van der Waals surface area contributed by atoms with Gasteiger partial charge in [-0.05, 0) is 44.5 Å². The molecule has 1 N–H and O–H groups in total. The molecular weight excluding hydrogens is 460 g/mol. The van der Waals surface area contributed by atoms with Crippen LogP contribution in [-0.2, 0) is 21.3 Å². The fraction of sp³-hybridized carbons (Fsp3) is 0.391. The highest BCUT2D eigenvalue weighted by molar-refractivity contribution is 7.89. The summed E-state index contributed by atoms with van der Waals surface area (Å²) in [4.78, 5) is 17.5. The molecule has 0 aliphatic carbocycles. The number of thiazole rings is 1. The Bertz CT molecular complexity index is 1260. The van der Waals surface area contributed by atoms with Gasteiger partial charge in [0.15, 0.2) is 5.13 Å². The van der Waals surface area contributed by atoms with E-state index in [0.717, 1.165) is 29.9 Å². The number of rotatable bonds is 7. The van der Waals surface area contributed by atoms with Crippen molar-refractivity contribution in [2.24, 2.45) is 0 Å². The summed E-state index contributed by atoms with van der Waals surface area (Å²) in [6.45, 7) is 8.61. The lowest BCUT2D eigenvalue weighted by Gasteiger charge is -2.26. The van der Waals surface area contributed by atoms with Gasteiger partial charge in [0.1, 0.15) is 0 Å². The van der Waals surface area contributed by atoms with Crippen molar-refractivity contribution in [2.45, 2.75) is 38.6 Å². The van der Waals surface area contributed by atoms with E-state index in [-0.39, 0.29) is 10.5 Å². The molecule has 176 valence electrons. The number of hydrogen-bond acceptors (Lipinski definition) is 6. The average molecular weight is 489 g/mol. The van der Waals surface area contributed by atoms with Gasteiger partial charge in [-0.3, -0.25) is 10.1 Å². The highest BCUT2D eigenvalue weighted by Gasteiger charge is 2.27. The van der Waals surface area contributed by atoms with Crippen molar-refractivity contribution in [1.82, 2.24) is 13.9 Å². The number of anilines is 1. The summed E-state index contributed by atoms with van der Waals surface area (Å²) in [6.07, 6.45) is 1.05. The number of aromatic nitrogens is 2. The van der Waals surface area contributed by atoms with Crippen LogP contribution in [0.2, 0.25) is 0 Å². The molecule has 1 amide bonds. The van der Waals surface area contributed by atoms with Crippen LogP contribution < -0.4 is 5.32 Å². The molecule has 0 bridgehead atoms. The number of carbonyl (C=O) groups excluding carboxylic acids is 1. The third kappa shape index (κ3) is 4.89. The predicted molar refractivity (Wildman–Crippen MR) is 129 cm³/mol. The monoisotopic (exact) mass is 488 g/mol. The first-order valence-electron chi connectivity index (χ1n) is 10.9. The Morgan fingerprint density at radius 1 is 1.21 bits per heavy atom. The zero-order valence-corrected chi connectivity index (χ0v) is 20.6. The van der Waals surface area contributed by atoms with E-state index in [1.807, 2.05) is 5.38 Å². The van der Waals surface area contributed by atoms with Gasteiger partial charge in [0.05, 0.1) is 23.8 Å². The Hall–Kier alpha value is -2.53. The molecule has 4 rings (SSSR count). The smallest absolute Gasteiger partial charge is 0.257 e. The van der Waals surface area contributed by atoms with Crippen LogP contribution in [0.5, 0.6) is 0 Å². The normalized spacial score (nSPS) is 15.0. The highest BCUT2D eigenvalue weighted by Crippen LogP contribution is 2.30. The van der Waals surface area contributed by atoms with E-state index in [2.05, 4.69) is 41.7 Å². The Kier molecular flexibility index (Phi) is 6.99. The van der Waals surface area contributed by atoms with Crippen LogP contribution in [0.1, 0.15) is 35.1 Å². The number of carbonyl (C=O) groups is 1. The molecule has 2 aromatic heterocycles. The minimum Gasteiger partial charge on any atom is -0.379 e. The van der Waals surface area contributed by atoms with E-state index in [0.29, 0.717) is 31.4 Å². The summed E-state index contributed by atoms with van der Waals surface area (Å²) < 4.78 is 34.7. The van der Waals surface area contributed by atoms with Crippen molar-refractivity contribution in [3.63, 3.8) is 0 Å². The van der Waals surface area contributed by atoms with E-state index in [1.54, 1.807) is 12.1 Å². The molecule has 0 saturated carbocycles. The minimum atomic E-state index is -3.68. The minimum absolute atomic E-state index is 0.0974. The molecule has 0 unspecified atom stereocenters. The number of amides is 1. The molecule has 3 heterocycles. The molecule has 0 radical (unpaired) electrons. The van der Waals surface area contributed by atoms with Crippen LogP contribution in [0, 0.1) is 13.8 Å². The standard InChI is InChI=1S/C23H28N4O4S2/c1-4-8-27-16(2)13-20(17(27)3)21-15-32-23(24-21)25-22(28)18-6-5-7-19(14-18)33(29,30)26-9-11-31-12-10-26/h5-7,13-15H,4,8-12H2,1-3H3,(H,24,25,28). The van der Waals surface area contributed by atoms with Gasteiger partial charge in [0.25, 0.3) is 5.91 Å². The van der Waals surface area contributed by atoms with Crippen LogP contribution >= 0.6 is 11.3 Å². The third-order valence-electron chi connectivity index (χ3n) is 5.73. The Morgan fingerprint density at radius 2 is 1.97 bits per heavy atom. The summed E-state index contributed by atoms with van der Waals surface area (Å²) in [5.41, 5.74) is 4.47. The van der Waals surface area contributed by atoms with Crippen LogP contribution in [0.4, 0.5) is 5.13 Å². The number of nitrogens with one attached hydrogen (secondary N) is 1. The van der Waals surface area contributed by atoms with E-state index in [4.69, 9.17) is 4.74 Å². The third-order valence-corrected chi connectivity index (χ3v) is 8.38. The van der Waals surface area contributed by atoms with E-state index in [1.165, 1.54) is 33.5 Å². The van der Waals surface area contributed by atoms with Gasteiger partial charge in [-0.15, -0.1) is 11.3 Å². The Morgan fingerprint density at radius 3 is 2.70 bits per heavy atom. The second-order valence-corrected chi connectivity index (χ2v) is 10.8. The maximum absolute atomic E-state index is 12.9. The molecule has 1 saturated heterocycles. The molecular formula is C23H28N4O4S2. The molecule has 1 aromatic carbocycles. The van der Waals surface area contributed by atoms with Crippen molar-refractivity contribution >= 4 is 32.4 Å². The van der Waals surface area contributed by atoms with Gasteiger partial charge < -0.3 is 9.30 Å². The number of morpholine rings is 1. The number of nitrogens with zero attached hydrogens (tertiary/aromatic N) is 3. The lowest BCUT2D eigenvalue weighted by Crippen LogP contribution is -2.40. The zero-order chi connectivity index (χ0) is 23.6. The first-order chi connectivity index (χ1) is 15.8. The zero-order valence-electron chi connectivity index (χ0n) is 19.0. The number of aryl methyl sites for hydroxylation is 1. The van der Waals surface area contributed by atoms with E-state index >= 15 is 0 Å². The average Bonchev–Trinajstić information content (AvgIpc) is 3.39. The maximum Gasteiger partial charge on any atom is 0.257 e. The summed E-state index contributed by atoms with van der Waals surface area (Å²) in [6, 6.07) is 8.21. The first kappa shape index (κ1) is 23.6. The molecule has 1 aliphatic heterocycles. The van der Waals surface area contributed by atoms with Crippen molar-refractivity contribution in [3.8, 4) is 11.3 Å². The molecule has 3 aromatic rings. The number of ether oxygens (including phenoxy) is 1. The molecule has 10 heteroatoms. The van der Waals surface area contributed by atoms with E-state index in [9.17, 15) is 13.2 Å². The van der Waals surface area contributed by atoms with Crippen LogP contribution in [-0.4, -0.2) is 54.5 Å². The number of benzene rings is 1. The lowest BCUT2D eigenvalue weighted by molar-refractivity contribution is 0.0730. The molecule has 1 fully saturated rings. The molecule has 0 spiro atoms. The lowest BCUT2D eigenvalue weighted by atomic mass is 10.2. The SMILES string of the molecule is CCCn1c(C)cc(-c2csc(NC(=O)c3cccc(S(=O)(=O)N4CCOCC4)c3)n2)c1C. The Balaban J connectivity index is 1.52. The van der Waals surface area contributed by atoms with Gasteiger partial charge in [0, 0.05) is 47.5 Å². The molecule has 33 heavy (non-hydrogen) atoms.